The molecular formula is C78H49NO. The smallest absolute Gasteiger partial charge is 0.143 e. The Morgan fingerprint density at radius 2 is 0.662 bits per heavy atom. The number of fused-ring (bicyclic) bond motifs is 9. The quantitative estimate of drug-likeness (QED) is 0.139. The monoisotopic (exact) mass is 1020 g/mol. The molecule has 0 amide bonds. The number of hydrogen-bond donors (Lipinski definition) is 0. The van der Waals surface area contributed by atoms with Crippen molar-refractivity contribution in [3.05, 3.63) is 297 Å². The van der Waals surface area contributed by atoms with Crippen LogP contribution in [0.4, 0.5) is 0 Å². The lowest BCUT2D eigenvalue weighted by atomic mass is 9.86. The Morgan fingerprint density at radius 3 is 1.36 bits per heavy atom. The minimum atomic E-state index is 0.873. The molecule has 372 valence electrons. The van der Waals surface area contributed by atoms with Crippen molar-refractivity contribution in [3.8, 4) is 83.6 Å². The van der Waals surface area contributed by atoms with Gasteiger partial charge in [-0.05, 0) is 160 Å². The van der Waals surface area contributed by atoms with Crippen LogP contribution in [0.2, 0.25) is 0 Å². The maximum atomic E-state index is 7.39. The molecule has 2 nitrogen and oxygen atoms in total. The number of benzene rings is 14. The summed E-state index contributed by atoms with van der Waals surface area (Å²) in [5.74, 6) is 0. The third kappa shape index (κ3) is 7.42. The third-order valence-corrected chi connectivity index (χ3v) is 16.5. The molecule has 80 heavy (non-hydrogen) atoms. The second-order valence-electron chi connectivity index (χ2n) is 21.1. The van der Waals surface area contributed by atoms with E-state index in [2.05, 4.69) is 302 Å². The Hall–Kier alpha value is -10.5. The lowest BCUT2D eigenvalue weighted by Gasteiger charge is -2.18. The van der Waals surface area contributed by atoms with Crippen molar-refractivity contribution in [3.63, 3.8) is 0 Å². The second kappa shape index (κ2) is 18.6. The van der Waals surface area contributed by atoms with E-state index < -0.39 is 0 Å². The first kappa shape index (κ1) is 45.6. The molecule has 0 radical (unpaired) electrons. The van der Waals surface area contributed by atoms with Crippen LogP contribution in [-0.4, -0.2) is 4.57 Å². The van der Waals surface area contributed by atoms with E-state index in [0.717, 1.165) is 88.7 Å². The zero-order valence-corrected chi connectivity index (χ0v) is 43.6. The van der Waals surface area contributed by atoms with Crippen LogP contribution in [0.15, 0.2) is 302 Å². The second-order valence-corrected chi connectivity index (χ2v) is 21.1. The van der Waals surface area contributed by atoms with Gasteiger partial charge >= 0.3 is 0 Å². The number of furan rings is 1. The summed E-state index contributed by atoms with van der Waals surface area (Å²) in [4.78, 5) is 0. The summed E-state index contributed by atoms with van der Waals surface area (Å²) in [7, 11) is 0. The van der Waals surface area contributed by atoms with Gasteiger partial charge in [0.15, 0.2) is 0 Å². The Morgan fingerprint density at radius 1 is 0.212 bits per heavy atom. The molecule has 0 aliphatic heterocycles. The van der Waals surface area contributed by atoms with E-state index >= 15 is 0 Å². The molecule has 0 fully saturated rings. The van der Waals surface area contributed by atoms with Gasteiger partial charge in [0.05, 0.1) is 11.0 Å². The SMILES string of the molecule is c1ccc(-c2cccc(-c3cc(-c4ccccc4)cc4c3oc3c(-c5cccc6ccccc56)cc(-c5ccc6c(c5)c5ccccc5n6-c5cccc(-c6c7ccccc7c(-c7ccccc7)c7ccccc67)c5)cc34)c2)cc1. The van der Waals surface area contributed by atoms with Crippen molar-refractivity contribution in [1.82, 2.24) is 4.57 Å². The van der Waals surface area contributed by atoms with Gasteiger partial charge in [0.1, 0.15) is 11.2 Å². The highest BCUT2D eigenvalue weighted by atomic mass is 16.3. The maximum absolute atomic E-state index is 7.39. The fourth-order valence-corrected chi connectivity index (χ4v) is 12.9. The van der Waals surface area contributed by atoms with Crippen molar-refractivity contribution in [2.45, 2.75) is 0 Å². The molecule has 0 unspecified atom stereocenters. The molecule has 16 aromatic rings. The number of nitrogens with zero attached hydrogens (tertiary/aromatic N) is 1. The molecule has 2 heterocycles. The summed E-state index contributed by atoms with van der Waals surface area (Å²) in [6, 6.07) is 109. The summed E-state index contributed by atoms with van der Waals surface area (Å²) in [6.07, 6.45) is 0. The molecule has 14 aromatic carbocycles. The molecule has 0 spiro atoms. The van der Waals surface area contributed by atoms with Crippen LogP contribution in [0.3, 0.4) is 0 Å². The number of hydrogen-bond acceptors (Lipinski definition) is 1. The lowest BCUT2D eigenvalue weighted by molar-refractivity contribution is 0.671. The first-order valence-electron chi connectivity index (χ1n) is 27.6. The minimum absolute atomic E-state index is 0.873. The maximum Gasteiger partial charge on any atom is 0.143 e. The van der Waals surface area contributed by atoms with Gasteiger partial charge in [0.2, 0.25) is 0 Å². The van der Waals surface area contributed by atoms with E-state index in [-0.39, 0.29) is 0 Å². The highest BCUT2D eigenvalue weighted by Crippen LogP contribution is 2.48. The average Bonchev–Trinajstić information content (AvgIpc) is 4.19. The number of rotatable bonds is 8. The largest absolute Gasteiger partial charge is 0.455 e. The van der Waals surface area contributed by atoms with E-state index in [4.69, 9.17) is 4.42 Å². The topological polar surface area (TPSA) is 18.1 Å². The summed E-state index contributed by atoms with van der Waals surface area (Å²) in [5.41, 5.74) is 21.4. The Bertz CT molecular complexity index is 5040. The van der Waals surface area contributed by atoms with E-state index in [1.165, 1.54) is 70.9 Å². The van der Waals surface area contributed by atoms with Crippen LogP contribution < -0.4 is 0 Å². The molecule has 2 aromatic heterocycles. The van der Waals surface area contributed by atoms with Crippen molar-refractivity contribution >= 4 is 76.1 Å². The third-order valence-electron chi connectivity index (χ3n) is 16.5. The van der Waals surface area contributed by atoms with E-state index in [1.807, 2.05) is 0 Å². The van der Waals surface area contributed by atoms with Gasteiger partial charge in [-0.1, -0.05) is 237 Å². The van der Waals surface area contributed by atoms with Crippen LogP contribution in [0.1, 0.15) is 0 Å². The van der Waals surface area contributed by atoms with Crippen LogP contribution in [0, 0.1) is 0 Å². The minimum Gasteiger partial charge on any atom is -0.455 e. The van der Waals surface area contributed by atoms with Crippen LogP contribution in [0.5, 0.6) is 0 Å². The Balaban J connectivity index is 0.909. The van der Waals surface area contributed by atoms with Gasteiger partial charge in [0, 0.05) is 38.4 Å². The van der Waals surface area contributed by atoms with Crippen molar-refractivity contribution in [2.24, 2.45) is 0 Å². The van der Waals surface area contributed by atoms with Gasteiger partial charge < -0.3 is 8.98 Å². The lowest BCUT2D eigenvalue weighted by Crippen LogP contribution is -1.95. The van der Waals surface area contributed by atoms with Gasteiger partial charge in [0.25, 0.3) is 0 Å². The van der Waals surface area contributed by atoms with Crippen LogP contribution in [0.25, 0.3) is 160 Å². The van der Waals surface area contributed by atoms with Gasteiger partial charge in [-0.25, -0.2) is 0 Å². The predicted molar refractivity (Wildman–Crippen MR) is 339 cm³/mol. The van der Waals surface area contributed by atoms with Gasteiger partial charge in [-0.2, -0.15) is 0 Å². The van der Waals surface area contributed by atoms with Crippen molar-refractivity contribution in [1.29, 1.82) is 0 Å². The molecular weight excluding hydrogens is 967 g/mol. The molecule has 0 N–H and O–H groups in total. The van der Waals surface area contributed by atoms with Gasteiger partial charge in [-0.3, -0.25) is 0 Å². The van der Waals surface area contributed by atoms with E-state index in [1.54, 1.807) is 0 Å². The fraction of sp³-hybridized carbons (Fsp3) is 0. The Kier molecular flexibility index (Phi) is 10.6. The molecule has 0 bridgehead atoms. The standard InChI is InChI=1S/C78H49NO/c1-4-21-50(22-5-1)54-29-18-30-56(43-54)68-46-58(51-23-6-2-7-24-51)47-71-72-49-59(48-70(78(72)80-77(68)71)62-39-20-28-52-25-10-11-33-61(52)62)55-41-42-74-69(45-55)63-34-16-17-40-73(63)79(74)60-32-19-31-57(44-60)76-66-37-14-12-35-64(66)75(53-26-8-3-9-27-53)65-36-13-15-38-67(65)76/h1-49H. The van der Waals surface area contributed by atoms with Crippen LogP contribution in [-0.2, 0) is 0 Å². The fourth-order valence-electron chi connectivity index (χ4n) is 12.9. The van der Waals surface area contributed by atoms with E-state index in [0.29, 0.717) is 0 Å². The highest BCUT2D eigenvalue weighted by molar-refractivity contribution is 6.22. The molecule has 0 aliphatic rings. The molecule has 0 atom stereocenters. The summed E-state index contributed by atoms with van der Waals surface area (Å²) in [5, 5.41) is 11.9. The molecule has 2 heteroatoms. The zero-order valence-electron chi connectivity index (χ0n) is 43.6. The first-order valence-corrected chi connectivity index (χ1v) is 27.6. The van der Waals surface area contributed by atoms with Crippen LogP contribution >= 0.6 is 0 Å². The van der Waals surface area contributed by atoms with Crippen molar-refractivity contribution in [2.75, 3.05) is 0 Å². The first-order chi connectivity index (χ1) is 39.7. The number of aromatic nitrogens is 1. The zero-order chi connectivity index (χ0) is 52.7. The van der Waals surface area contributed by atoms with E-state index in [9.17, 15) is 0 Å². The summed E-state index contributed by atoms with van der Waals surface area (Å²) < 4.78 is 9.84. The molecule has 16 rings (SSSR count). The summed E-state index contributed by atoms with van der Waals surface area (Å²) >= 11 is 0. The molecule has 0 saturated carbocycles. The summed E-state index contributed by atoms with van der Waals surface area (Å²) in [6.45, 7) is 0. The molecule has 0 saturated heterocycles. The van der Waals surface area contributed by atoms with Gasteiger partial charge in [-0.15, -0.1) is 0 Å². The number of para-hydroxylation sites is 1. The molecule has 0 aliphatic carbocycles. The Labute approximate surface area is 463 Å². The predicted octanol–water partition coefficient (Wildman–Crippen LogP) is 21.8. The highest BCUT2D eigenvalue weighted by Gasteiger charge is 2.23. The normalized spacial score (nSPS) is 11.8. The van der Waals surface area contributed by atoms with Crippen molar-refractivity contribution < 1.29 is 4.42 Å². The average molecular weight is 1020 g/mol.